The fourth-order valence-electron chi connectivity index (χ4n) is 6.35. The summed E-state index contributed by atoms with van der Waals surface area (Å²) < 4.78 is 1.09. The Morgan fingerprint density at radius 2 is 1.83 bits per heavy atom. The van der Waals surface area contributed by atoms with Crippen molar-refractivity contribution in [1.82, 2.24) is 10.3 Å². The zero-order chi connectivity index (χ0) is 20.0. The van der Waals surface area contributed by atoms with E-state index in [1.165, 1.54) is 30.6 Å². The Morgan fingerprint density at radius 1 is 1.14 bits per heavy atom. The minimum absolute atomic E-state index is 0.0363. The van der Waals surface area contributed by atoms with Gasteiger partial charge in [0.1, 0.15) is 0 Å². The largest absolute Gasteiger partial charge is 0.356 e. The van der Waals surface area contributed by atoms with Crippen molar-refractivity contribution >= 4 is 38.5 Å². The number of carbonyl (C=O) groups is 2. The number of hydrogen-bond acceptors (Lipinski definition) is 4. The van der Waals surface area contributed by atoms with Crippen LogP contribution in [-0.2, 0) is 9.59 Å². The number of para-hydroxylation sites is 1. The number of carbonyl (C=O) groups excluding carboxylic acids is 2. The number of nitrogens with one attached hydrogen (secondary N) is 2. The Labute approximate surface area is 175 Å². The predicted molar refractivity (Wildman–Crippen MR) is 116 cm³/mol. The summed E-state index contributed by atoms with van der Waals surface area (Å²) in [5.41, 5.74) is 1.97. The molecule has 6 heteroatoms. The van der Waals surface area contributed by atoms with E-state index in [0.717, 1.165) is 52.8 Å². The maximum absolute atomic E-state index is 12.9. The van der Waals surface area contributed by atoms with E-state index >= 15 is 0 Å². The molecule has 2 N–H and O–H groups in total. The van der Waals surface area contributed by atoms with Crippen molar-refractivity contribution in [3.63, 3.8) is 0 Å². The Balaban J connectivity index is 1.09. The van der Waals surface area contributed by atoms with E-state index in [1.54, 1.807) is 0 Å². The molecule has 0 aliphatic heterocycles. The monoisotopic (exact) mass is 411 g/mol. The molecule has 1 heterocycles. The van der Waals surface area contributed by atoms with Crippen LogP contribution in [0.5, 0.6) is 0 Å². The first-order valence-electron chi connectivity index (χ1n) is 10.9. The van der Waals surface area contributed by atoms with Crippen molar-refractivity contribution in [2.24, 2.45) is 23.2 Å². The van der Waals surface area contributed by atoms with E-state index in [1.807, 2.05) is 25.1 Å². The van der Waals surface area contributed by atoms with Crippen LogP contribution >= 0.6 is 11.3 Å². The lowest BCUT2D eigenvalue weighted by atomic mass is 9.49. The third-order valence-corrected chi connectivity index (χ3v) is 8.19. The average Bonchev–Trinajstić information content (AvgIpc) is 3.08. The van der Waals surface area contributed by atoms with Crippen LogP contribution in [0.25, 0.3) is 10.2 Å². The minimum Gasteiger partial charge on any atom is -0.356 e. The van der Waals surface area contributed by atoms with Crippen molar-refractivity contribution in [1.29, 1.82) is 0 Å². The zero-order valence-electron chi connectivity index (χ0n) is 17.0. The topological polar surface area (TPSA) is 71.1 Å². The first-order chi connectivity index (χ1) is 14.0. The number of aromatic nitrogens is 1. The molecule has 5 nitrogen and oxygen atoms in total. The molecule has 2 aromatic rings. The standard InChI is InChI=1S/C23H29N3O2S/c1-14-4-2-5-18-20(14)26-22(29-18)25-19(27)6-3-7-24-21(28)23-11-15-8-16(12-23)10-17(9-15)13-23/h2,4-5,15-17H,3,6-13H2,1H3,(H,24,28)(H,25,26,27). The van der Waals surface area contributed by atoms with Gasteiger partial charge in [0.25, 0.3) is 0 Å². The molecular formula is C23H29N3O2S. The van der Waals surface area contributed by atoms with Gasteiger partial charge in [-0.2, -0.15) is 0 Å². The van der Waals surface area contributed by atoms with Gasteiger partial charge in [-0.15, -0.1) is 0 Å². The van der Waals surface area contributed by atoms with Gasteiger partial charge in [-0.3, -0.25) is 9.59 Å². The van der Waals surface area contributed by atoms with Crippen LogP contribution in [0.3, 0.4) is 0 Å². The summed E-state index contributed by atoms with van der Waals surface area (Å²) in [4.78, 5) is 29.8. The summed E-state index contributed by atoms with van der Waals surface area (Å²) >= 11 is 1.50. The Bertz CT molecular complexity index is 915. The molecule has 4 bridgehead atoms. The summed E-state index contributed by atoms with van der Waals surface area (Å²) in [6.07, 6.45) is 8.35. The molecule has 4 saturated carbocycles. The quantitative estimate of drug-likeness (QED) is 0.680. The maximum Gasteiger partial charge on any atom is 0.226 e. The van der Waals surface area contributed by atoms with Gasteiger partial charge in [-0.05, 0) is 81.3 Å². The van der Waals surface area contributed by atoms with Crippen LogP contribution in [0.2, 0.25) is 0 Å². The molecule has 2 amide bonds. The predicted octanol–water partition coefficient (Wildman–Crippen LogP) is 4.66. The Morgan fingerprint density at radius 3 is 2.48 bits per heavy atom. The smallest absolute Gasteiger partial charge is 0.226 e. The highest BCUT2D eigenvalue weighted by molar-refractivity contribution is 7.22. The second-order valence-electron chi connectivity index (χ2n) is 9.55. The molecular weight excluding hydrogens is 382 g/mol. The third-order valence-electron chi connectivity index (χ3n) is 7.25. The molecule has 4 aliphatic rings. The van der Waals surface area contributed by atoms with Gasteiger partial charge in [-0.25, -0.2) is 4.98 Å². The molecule has 1 aromatic heterocycles. The van der Waals surface area contributed by atoms with Crippen LogP contribution in [0.15, 0.2) is 18.2 Å². The van der Waals surface area contributed by atoms with Gasteiger partial charge in [-0.1, -0.05) is 23.5 Å². The molecule has 0 spiro atoms. The summed E-state index contributed by atoms with van der Waals surface area (Å²) in [5.74, 6) is 2.53. The van der Waals surface area contributed by atoms with E-state index in [4.69, 9.17) is 0 Å². The second-order valence-corrected chi connectivity index (χ2v) is 10.6. The van der Waals surface area contributed by atoms with Crippen LogP contribution in [-0.4, -0.2) is 23.3 Å². The van der Waals surface area contributed by atoms with E-state index in [9.17, 15) is 9.59 Å². The fourth-order valence-corrected chi connectivity index (χ4v) is 7.31. The van der Waals surface area contributed by atoms with Crippen molar-refractivity contribution in [2.75, 3.05) is 11.9 Å². The van der Waals surface area contributed by atoms with Gasteiger partial charge in [0, 0.05) is 18.4 Å². The Hall–Kier alpha value is -1.95. The van der Waals surface area contributed by atoms with Crippen LogP contribution in [0.1, 0.15) is 56.9 Å². The summed E-state index contributed by atoms with van der Waals surface area (Å²) in [5, 5.41) is 6.72. The van der Waals surface area contributed by atoms with Crippen molar-refractivity contribution in [2.45, 2.75) is 58.3 Å². The van der Waals surface area contributed by atoms with Gasteiger partial charge >= 0.3 is 0 Å². The molecule has 154 valence electrons. The zero-order valence-corrected chi connectivity index (χ0v) is 17.8. The second kappa shape index (κ2) is 7.38. The maximum atomic E-state index is 12.9. The van der Waals surface area contributed by atoms with Crippen molar-refractivity contribution in [3.05, 3.63) is 23.8 Å². The van der Waals surface area contributed by atoms with E-state index in [-0.39, 0.29) is 17.2 Å². The van der Waals surface area contributed by atoms with Crippen molar-refractivity contribution < 1.29 is 9.59 Å². The molecule has 4 fully saturated rings. The first kappa shape index (κ1) is 19.0. The van der Waals surface area contributed by atoms with Gasteiger partial charge < -0.3 is 10.6 Å². The highest BCUT2D eigenvalue weighted by Crippen LogP contribution is 2.60. The Kier molecular flexibility index (Phi) is 4.85. The lowest BCUT2D eigenvalue weighted by Gasteiger charge is -2.55. The van der Waals surface area contributed by atoms with Crippen molar-refractivity contribution in [3.8, 4) is 0 Å². The number of amides is 2. The minimum atomic E-state index is -0.101. The van der Waals surface area contributed by atoms with E-state index in [0.29, 0.717) is 24.5 Å². The fraction of sp³-hybridized carbons (Fsp3) is 0.609. The molecule has 0 radical (unpaired) electrons. The average molecular weight is 412 g/mol. The highest BCUT2D eigenvalue weighted by atomic mass is 32.1. The number of benzene rings is 1. The molecule has 1 aromatic carbocycles. The summed E-state index contributed by atoms with van der Waals surface area (Å²) in [7, 11) is 0. The third kappa shape index (κ3) is 3.67. The number of aryl methyl sites for hydroxylation is 1. The number of anilines is 1. The first-order valence-corrected chi connectivity index (χ1v) is 11.8. The van der Waals surface area contributed by atoms with Gasteiger partial charge in [0.2, 0.25) is 11.8 Å². The number of fused-ring (bicyclic) bond motifs is 1. The molecule has 0 unspecified atom stereocenters. The molecule has 6 rings (SSSR count). The summed E-state index contributed by atoms with van der Waals surface area (Å²) in [6.45, 7) is 2.60. The van der Waals surface area contributed by atoms with Crippen LogP contribution in [0, 0.1) is 30.1 Å². The lowest BCUT2D eigenvalue weighted by molar-refractivity contribution is -0.146. The number of hydrogen-bond donors (Lipinski definition) is 2. The van der Waals surface area contributed by atoms with E-state index < -0.39 is 0 Å². The van der Waals surface area contributed by atoms with Crippen LogP contribution in [0.4, 0.5) is 5.13 Å². The SMILES string of the molecule is Cc1cccc2sc(NC(=O)CCCNC(=O)C34CC5CC(CC(C5)C3)C4)nc12. The van der Waals surface area contributed by atoms with Gasteiger partial charge in [0.05, 0.1) is 10.2 Å². The number of rotatable bonds is 6. The molecule has 29 heavy (non-hydrogen) atoms. The highest BCUT2D eigenvalue weighted by Gasteiger charge is 2.54. The number of thiazole rings is 1. The molecule has 0 atom stereocenters. The van der Waals surface area contributed by atoms with Gasteiger partial charge in [0.15, 0.2) is 5.13 Å². The summed E-state index contributed by atoms with van der Waals surface area (Å²) in [6, 6.07) is 6.06. The lowest BCUT2D eigenvalue weighted by Crippen LogP contribution is -2.53. The van der Waals surface area contributed by atoms with E-state index in [2.05, 4.69) is 15.6 Å². The number of nitrogens with zero attached hydrogens (tertiary/aromatic N) is 1. The molecule has 0 saturated heterocycles. The molecule has 4 aliphatic carbocycles. The van der Waals surface area contributed by atoms with Crippen LogP contribution < -0.4 is 10.6 Å². The normalized spacial score (nSPS) is 29.9.